The number of ether oxygens (including phenoxy) is 1. The minimum absolute atomic E-state index is 0.0218. The van der Waals surface area contributed by atoms with Crippen LogP contribution in [0, 0.1) is 0 Å². The molecule has 0 heterocycles. The highest BCUT2D eigenvalue weighted by Crippen LogP contribution is 2.19. The topological polar surface area (TPSA) is 64.3 Å². The molecular weight excluding hydrogens is 252 g/mol. The maximum absolute atomic E-state index is 10.5. The Morgan fingerprint density at radius 3 is 2.75 bits per heavy atom. The number of fused-ring (bicyclic) bond motifs is 1. The van der Waals surface area contributed by atoms with E-state index >= 15 is 0 Å². The third-order valence-electron chi connectivity index (χ3n) is 3.21. The molecule has 4 heteroatoms. The van der Waals surface area contributed by atoms with E-state index in [0.717, 1.165) is 0 Å². The van der Waals surface area contributed by atoms with E-state index in [2.05, 4.69) is 42.6 Å². The Kier molecular flexibility index (Phi) is 5.09. The molecule has 0 aliphatic heterocycles. The van der Waals surface area contributed by atoms with E-state index in [0.29, 0.717) is 13.2 Å². The fraction of sp³-hybridized carbons (Fsp3) is 0.312. The molecule has 0 bridgehead atoms. The third kappa shape index (κ3) is 4.05. The van der Waals surface area contributed by atoms with Crippen LogP contribution in [-0.2, 0) is 9.53 Å². The maximum Gasteiger partial charge on any atom is 0.243 e. The van der Waals surface area contributed by atoms with E-state index < -0.39 is 5.91 Å². The molecular formula is C16H20N2O2. The highest BCUT2D eigenvalue weighted by molar-refractivity contribution is 5.83. The molecule has 2 aromatic rings. The first-order valence-electron chi connectivity index (χ1n) is 6.75. The van der Waals surface area contributed by atoms with Gasteiger partial charge >= 0.3 is 0 Å². The highest BCUT2D eigenvalue weighted by atomic mass is 16.5. The molecule has 0 saturated carbocycles. The maximum atomic E-state index is 10.5. The van der Waals surface area contributed by atoms with Crippen molar-refractivity contribution in [3.63, 3.8) is 0 Å². The first kappa shape index (κ1) is 14.5. The van der Waals surface area contributed by atoms with Gasteiger partial charge in [-0.2, -0.15) is 0 Å². The molecule has 0 aliphatic rings. The summed E-state index contributed by atoms with van der Waals surface area (Å²) in [4.78, 5) is 10.5. The average Bonchev–Trinajstić information content (AvgIpc) is 2.46. The summed E-state index contributed by atoms with van der Waals surface area (Å²) in [6, 6.07) is 15.0. The van der Waals surface area contributed by atoms with E-state index in [1.165, 1.54) is 16.3 Å². The Labute approximate surface area is 118 Å². The van der Waals surface area contributed by atoms with Crippen molar-refractivity contribution in [2.75, 3.05) is 19.8 Å². The van der Waals surface area contributed by atoms with Crippen LogP contribution >= 0.6 is 0 Å². The Morgan fingerprint density at radius 1 is 1.25 bits per heavy atom. The molecule has 106 valence electrons. The van der Waals surface area contributed by atoms with E-state index in [1.54, 1.807) is 0 Å². The molecule has 0 aliphatic carbocycles. The predicted molar refractivity (Wildman–Crippen MR) is 80.4 cm³/mol. The predicted octanol–water partition coefficient (Wildman–Crippen LogP) is 1.99. The summed E-state index contributed by atoms with van der Waals surface area (Å²) in [7, 11) is 0. The van der Waals surface area contributed by atoms with E-state index in [-0.39, 0.29) is 12.6 Å². The van der Waals surface area contributed by atoms with Crippen LogP contribution in [0.25, 0.3) is 10.8 Å². The van der Waals surface area contributed by atoms with Gasteiger partial charge in [-0.25, -0.2) is 0 Å². The highest BCUT2D eigenvalue weighted by Gasteiger charge is 2.05. The van der Waals surface area contributed by atoms with Gasteiger partial charge in [-0.15, -0.1) is 0 Å². The van der Waals surface area contributed by atoms with Gasteiger partial charge in [0, 0.05) is 12.6 Å². The zero-order valence-corrected chi connectivity index (χ0v) is 11.6. The lowest BCUT2D eigenvalue weighted by molar-refractivity contribution is -0.122. The zero-order valence-electron chi connectivity index (χ0n) is 11.6. The van der Waals surface area contributed by atoms with E-state index in [4.69, 9.17) is 10.5 Å². The fourth-order valence-corrected chi connectivity index (χ4v) is 2.12. The number of primary amides is 1. The Hall–Kier alpha value is -1.91. The molecule has 0 spiro atoms. The Bertz CT molecular complexity index is 583. The number of carbonyl (C=O) groups excluding carboxylic acids is 1. The average molecular weight is 272 g/mol. The van der Waals surface area contributed by atoms with Gasteiger partial charge in [0.15, 0.2) is 0 Å². The van der Waals surface area contributed by atoms with Crippen LogP contribution in [0.15, 0.2) is 42.5 Å². The van der Waals surface area contributed by atoms with Crippen molar-refractivity contribution in [3.8, 4) is 0 Å². The van der Waals surface area contributed by atoms with Gasteiger partial charge in [-0.1, -0.05) is 36.4 Å². The van der Waals surface area contributed by atoms with Gasteiger partial charge in [0.25, 0.3) is 0 Å². The third-order valence-corrected chi connectivity index (χ3v) is 3.21. The van der Waals surface area contributed by atoms with Crippen LogP contribution in [0.4, 0.5) is 0 Å². The molecule has 0 aromatic heterocycles. The number of hydrogen-bond donors (Lipinski definition) is 2. The van der Waals surface area contributed by atoms with Gasteiger partial charge in [0.05, 0.1) is 6.61 Å². The summed E-state index contributed by atoms with van der Waals surface area (Å²) in [5.41, 5.74) is 6.23. The van der Waals surface area contributed by atoms with Crippen LogP contribution in [0.3, 0.4) is 0 Å². The van der Waals surface area contributed by atoms with E-state index in [9.17, 15) is 4.79 Å². The first-order valence-corrected chi connectivity index (χ1v) is 6.75. The number of rotatable bonds is 7. The minimum atomic E-state index is -0.437. The molecule has 4 nitrogen and oxygen atoms in total. The fourth-order valence-electron chi connectivity index (χ4n) is 2.12. The van der Waals surface area contributed by atoms with Crippen LogP contribution in [0.1, 0.15) is 18.5 Å². The van der Waals surface area contributed by atoms with Crippen molar-refractivity contribution in [3.05, 3.63) is 48.0 Å². The second-order valence-electron chi connectivity index (χ2n) is 4.80. The zero-order chi connectivity index (χ0) is 14.4. The molecule has 2 aromatic carbocycles. The second kappa shape index (κ2) is 7.03. The summed E-state index contributed by atoms with van der Waals surface area (Å²) in [6.07, 6.45) is 0. The number of hydrogen-bond acceptors (Lipinski definition) is 3. The molecule has 0 saturated heterocycles. The van der Waals surface area contributed by atoms with Crippen LogP contribution in [-0.4, -0.2) is 25.7 Å². The number of nitrogens with two attached hydrogens (primary N) is 1. The molecule has 1 unspecified atom stereocenters. The quantitative estimate of drug-likeness (QED) is 0.758. The van der Waals surface area contributed by atoms with Crippen molar-refractivity contribution in [2.24, 2.45) is 5.73 Å². The Balaban J connectivity index is 1.87. The normalized spacial score (nSPS) is 12.4. The lowest BCUT2D eigenvalue weighted by Crippen LogP contribution is -2.25. The van der Waals surface area contributed by atoms with E-state index in [1.807, 2.05) is 12.1 Å². The van der Waals surface area contributed by atoms with Crippen LogP contribution in [0.2, 0.25) is 0 Å². The first-order chi connectivity index (χ1) is 9.66. The second-order valence-corrected chi connectivity index (χ2v) is 4.80. The smallest absolute Gasteiger partial charge is 0.243 e. The van der Waals surface area contributed by atoms with Crippen LogP contribution < -0.4 is 11.1 Å². The molecule has 1 amide bonds. The molecule has 0 radical (unpaired) electrons. The lowest BCUT2D eigenvalue weighted by atomic mass is 10.0. The lowest BCUT2D eigenvalue weighted by Gasteiger charge is -2.15. The summed E-state index contributed by atoms with van der Waals surface area (Å²) in [5, 5.41) is 5.84. The Morgan fingerprint density at radius 2 is 2.00 bits per heavy atom. The van der Waals surface area contributed by atoms with Crippen molar-refractivity contribution in [1.82, 2.24) is 5.32 Å². The van der Waals surface area contributed by atoms with Gasteiger partial charge in [-0.3, -0.25) is 4.79 Å². The van der Waals surface area contributed by atoms with Crippen molar-refractivity contribution in [2.45, 2.75) is 13.0 Å². The van der Waals surface area contributed by atoms with Gasteiger partial charge < -0.3 is 15.8 Å². The monoisotopic (exact) mass is 272 g/mol. The van der Waals surface area contributed by atoms with Crippen molar-refractivity contribution in [1.29, 1.82) is 0 Å². The summed E-state index contributed by atoms with van der Waals surface area (Å²) < 4.78 is 5.11. The van der Waals surface area contributed by atoms with Gasteiger partial charge in [-0.05, 0) is 29.3 Å². The molecule has 1 atom stereocenters. The number of nitrogens with one attached hydrogen (secondary N) is 1. The number of benzene rings is 2. The largest absolute Gasteiger partial charge is 0.370 e. The summed E-state index contributed by atoms with van der Waals surface area (Å²) in [5.74, 6) is -0.437. The van der Waals surface area contributed by atoms with Crippen LogP contribution in [0.5, 0.6) is 0 Å². The number of carbonyl (C=O) groups is 1. The summed E-state index contributed by atoms with van der Waals surface area (Å²) in [6.45, 7) is 3.24. The SMILES string of the molecule is CC(NCCOCC(N)=O)c1ccc2ccccc2c1. The molecule has 20 heavy (non-hydrogen) atoms. The molecule has 3 N–H and O–H groups in total. The van der Waals surface area contributed by atoms with Crippen molar-refractivity contribution >= 4 is 16.7 Å². The van der Waals surface area contributed by atoms with Gasteiger partial charge in [0.1, 0.15) is 6.61 Å². The minimum Gasteiger partial charge on any atom is -0.370 e. The standard InChI is InChI=1S/C16H20N2O2/c1-12(18-8-9-20-11-16(17)19)14-7-6-13-4-2-3-5-15(13)10-14/h2-7,10,12,18H,8-9,11H2,1H3,(H2,17,19). The number of amides is 1. The molecule has 2 rings (SSSR count). The van der Waals surface area contributed by atoms with Gasteiger partial charge in [0.2, 0.25) is 5.91 Å². The summed E-state index contributed by atoms with van der Waals surface area (Å²) >= 11 is 0. The van der Waals surface area contributed by atoms with Crippen molar-refractivity contribution < 1.29 is 9.53 Å². The molecule has 0 fully saturated rings.